The number of fused-ring (bicyclic) bond motifs is 1. The molecule has 15 heavy (non-hydrogen) atoms. The Balaban J connectivity index is 2.11. The van der Waals surface area contributed by atoms with Crippen molar-refractivity contribution in [3.05, 3.63) is 11.1 Å². The van der Waals surface area contributed by atoms with Crippen molar-refractivity contribution in [2.75, 3.05) is 13.1 Å². The molecule has 1 aliphatic heterocycles. The summed E-state index contributed by atoms with van der Waals surface area (Å²) in [5.74, 6) is 0.297. The topological polar surface area (TPSA) is 40.5 Å². The largest absolute Gasteiger partial charge is 0.480 e. The summed E-state index contributed by atoms with van der Waals surface area (Å²) in [5, 5.41) is 9.26. The van der Waals surface area contributed by atoms with Crippen LogP contribution in [0.4, 0.5) is 0 Å². The van der Waals surface area contributed by atoms with Gasteiger partial charge in [0.05, 0.1) is 0 Å². The van der Waals surface area contributed by atoms with Gasteiger partial charge in [-0.05, 0) is 24.7 Å². The van der Waals surface area contributed by atoms with Crippen LogP contribution < -0.4 is 0 Å². The van der Waals surface area contributed by atoms with Crippen LogP contribution in [0.2, 0.25) is 0 Å². The summed E-state index contributed by atoms with van der Waals surface area (Å²) in [6.45, 7) is 5.37. The van der Waals surface area contributed by atoms with Crippen molar-refractivity contribution in [1.29, 1.82) is 0 Å². The number of hydrogen-bond acceptors (Lipinski definition) is 2. The zero-order chi connectivity index (χ0) is 11.0. The molecular weight excluding hydrogens is 258 g/mol. The van der Waals surface area contributed by atoms with E-state index in [0.717, 1.165) is 17.4 Å². The third-order valence-corrected chi connectivity index (χ3v) is 3.86. The highest BCUT2D eigenvalue weighted by molar-refractivity contribution is 9.11. The van der Waals surface area contributed by atoms with Gasteiger partial charge in [-0.1, -0.05) is 28.9 Å². The molecule has 4 heteroatoms. The summed E-state index contributed by atoms with van der Waals surface area (Å²) >= 11 is 3.31. The van der Waals surface area contributed by atoms with E-state index in [4.69, 9.17) is 0 Å². The number of hydrogen-bond donors (Lipinski definition) is 1. The Morgan fingerprint density at radius 3 is 2.87 bits per heavy atom. The van der Waals surface area contributed by atoms with E-state index in [9.17, 15) is 9.90 Å². The quantitative estimate of drug-likeness (QED) is 0.856. The minimum atomic E-state index is -0.668. The van der Waals surface area contributed by atoms with Crippen LogP contribution in [0.25, 0.3) is 0 Å². The number of likely N-dealkylation sites (tertiary alicyclic amines) is 1. The fourth-order valence-electron chi connectivity index (χ4n) is 3.12. The van der Waals surface area contributed by atoms with Crippen molar-refractivity contribution in [3.63, 3.8) is 0 Å². The Morgan fingerprint density at radius 1 is 1.53 bits per heavy atom. The molecule has 0 radical (unpaired) electrons. The van der Waals surface area contributed by atoms with Crippen molar-refractivity contribution in [2.24, 2.45) is 11.8 Å². The molecule has 3 unspecified atom stereocenters. The highest BCUT2D eigenvalue weighted by Gasteiger charge is 2.47. The molecule has 0 bridgehead atoms. The van der Waals surface area contributed by atoms with Crippen LogP contribution in [0.15, 0.2) is 11.1 Å². The van der Waals surface area contributed by atoms with Gasteiger partial charge in [0.25, 0.3) is 0 Å². The van der Waals surface area contributed by atoms with Gasteiger partial charge in [-0.2, -0.15) is 0 Å². The summed E-state index contributed by atoms with van der Waals surface area (Å²) < 4.78 is 0.869. The maximum Gasteiger partial charge on any atom is 0.321 e. The summed E-state index contributed by atoms with van der Waals surface area (Å²) in [5.41, 5.74) is 0. The molecule has 0 aromatic carbocycles. The van der Waals surface area contributed by atoms with E-state index in [0.29, 0.717) is 18.4 Å². The van der Waals surface area contributed by atoms with E-state index in [1.807, 2.05) is 4.90 Å². The fraction of sp³-hybridized carbons (Fsp3) is 0.727. The van der Waals surface area contributed by atoms with Gasteiger partial charge >= 0.3 is 5.97 Å². The number of carboxylic acids is 1. The third kappa shape index (κ3) is 2.11. The number of aliphatic carboxylic acids is 1. The van der Waals surface area contributed by atoms with Crippen LogP contribution >= 0.6 is 15.9 Å². The lowest BCUT2D eigenvalue weighted by atomic mass is 9.94. The summed E-state index contributed by atoms with van der Waals surface area (Å²) in [6, 6.07) is -0.285. The van der Waals surface area contributed by atoms with E-state index in [1.165, 1.54) is 12.8 Å². The molecule has 2 rings (SSSR count). The molecule has 2 aliphatic rings. The molecule has 1 saturated heterocycles. The van der Waals surface area contributed by atoms with E-state index in [2.05, 4.69) is 22.5 Å². The minimum absolute atomic E-state index is 0.285. The molecule has 1 saturated carbocycles. The van der Waals surface area contributed by atoms with Gasteiger partial charge in [0, 0.05) is 17.6 Å². The number of nitrogens with zero attached hydrogens (tertiary/aromatic N) is 1. The second-order valence-electron chi connectivity index (χ2n) is 4.58. The van der Waals surface area contributed by atoms with Gasteiger partial charge in [-0.25, -0.2) is 0 Å². The third-order valence-electron chi connectivity index (χ3n) is 3.61. The van der Waals surface area contributed by atoms with E-state index in [-0.39, 0.29) is 6.04 Å². The maximum atomic E-state index is 11.2. The van der Waals surface area contributed by atoms with Crippen LogP contribution in [-0.4, -0.2) is 35.1 Å². The van der Waals surface area contributed by atoms with Crippen LogP contribution in [-0.2, 0) is 4.79 Å². The first kappa shape index (κ1) is 11.1. The Hall–Kier alpha value is -0.350. The van der Waals surface area contributed by atoms with Crippen LogP contribution in [0.3, 0.4) is 0 Å². The van der Waals surface area contributed by atoms with Gasteiger partial charge in [-0.15, -0.1) is 0 Å². The standard InChI is InChI=1S/C11H16BrNO2/c1-7(12)5-13-6-8-3-2-4-9(8)10(13)11(14)15/h8-10H,1-6H2,(H,14,15). The molecule has 0 aromatic heterocycles. The normalized spacial score (nSPS) is 35.4. The van der Waals surface area contributed by atoms with Gasteiger partial charge in [0.2, 0.25) is 0 Å². The Kier molecular flexibility index (Phi) is 3.16. The molecule has 1 N–H and O–H groups in total. The smallest absolute Gasteiger partial charge is 0.321 e. The Bertz CT molecular complexity index is 292. The lowest BCUT2D eigenvalue weighted by molar-refractivity contribution is -0.143. The first-order chi connectivity index (χ1) is 7.09. The lowest BCUT2D eigenvalue weighted by Crippen LogP contribution is -2.40. The van der Waals surface area contributed by atoms with Gasteiger partial charge in [0.1, 0.15) is 6.04 Å². The fourth-order valence-corrected chi connectivity index (χ4v) is 3.44. The molecule has 3 nitrogen and oxygen atoms in total. The molecule has 1 aliphatic carbocycles. The monoisotopic (exact) mass is 273 g/mol. The average molecular weight is 274 g/mol. The van der Waals surface area contributed by atoms with Crippen molar-refractivity contribution in [1.82, 2.24) is 4.90 Å². The molecular formula is C11H16BrNO2. The van der Waals surface area contributed by atoms with Crippen LogP contribution in [0.5, 0.6) is 0 Å². The van der Waals surface area contributed by atoms with Crippen molar-refractivity contribution < 1.29 is 9.90 Å². The van der Waals surface area contributed by atoms with E-state index >= 15 is 0 Å². The SMILES string of the molecule is C=C(Br)CN1CC2CCCC2C1C(=O)O. The lowest BCUT2D eigenvalue weighted by Gasteiger charge is -2.23. The Labute approximate surface area is 98.3 Å². The number of rotatable bonds is 3. The summed E-state index contributed by atoms with van der Waals surface area (Å²) in [4.78, 5) is 13.3. The van der Waals surface area contributed by atoms with Crippen LogP contribution in [0.1, 0.15) is 19.3 Å². The van der Waals surface area contributed by atoms with Gasteiger partial charge in [-0.3, -0.25) is 9.69 Å². The molecule has 3 atom stereocenters. The first-order valence-electron chi connectivity index (χ1n) is 5.39. The molecule has 1 heterocycles. The highest BCUT2D eigenvalue weighted by Crippen LogP contribution is 2.42. The molecule has 84 valence electrons. The number of halogens is 1. The molecule has 2 fully saturated rings. The molecule has 0 spiro atoms. The summed E-state index contributed by atoms with van der Waals surface area (Å²) in [7, 11) is 0. The van der Waals surface area contributed by atoms with Crippen molar-refractivity contribution in [3.8, 4) is 0 Å². The zero-order valence-electron chi connectivity index (χ0n) is 8.66. The highest BCUT2D eigenvalue weighted by atomic mass is 79.9. The van der Waals surface area contributed by atoms with E-state index < -0.39 is 5.97 Å². The van der Waals surface area contributed by atoms with Gasteiger partial charge < -0.3 is 5.11 Å². The minimum Gasteiger partial charge on any atom is -0.480 e. The van der Waals surface area contributed by atoms with Crippen LogP contribution in [0, 0.1) is 11.8 Å². The Morgan fingerprint density at radius 2 is 2.27 bits per heavy atom. The molecule has 0 aromatic rings. The van der Waals surface area contributed by atoms with E-state index in [1.54, 1.807) is 0 Å². The molecule has 0 amide bonds. The van der Waals surface area contributed by atoms with Crippen molar-refractivity contribution >= 4 is 21.9 Å². The first-order valence-corrected chi connectivity index (χ1v) is 6.19. The van der Waals surface area contributed by atoms with Crippen molar-refractivity contribution in [2.45, 2.75) is 25.3 Å². The predicted octanol–water partition coefficient (Wildman–Crippen LogP) is 2.08. The number of carboxylic acid groups (broad SMARTS) is 1. The average Bonchev–Trinajstić information content (AvgIpc) is 2.60. The zero-order valence-corrected chi connectivity index (χ0v) is 10.2. The maximum absolute atomic E-state index is 11.2. The predicted molar refractivity (Wildman–Crippen MR) is 61.9 cm³/mol. The summed E-state index contributed by atoms with van der Waals surface area (Å²) in [6.07, 6.45) is 3.47. The second-order valence-corrected chi connectivity index (χ2v) is 5.71. The van der Waals surface area contributed by atoms with Gasteiger partial charge in [0.15, 0.2) is 0 Å². The second kappa shape index (κ2) is 4.26. The number of carbonyl (C=O) groups is 1.